The van der Waals surface area contributed by atoms with Crippen LogP contribution in [-0.4, -0.2) is 24.5 Å². The Balaban J connectivity index is 1.72. The molecule has 1 fully saturated rings. The van der Waals surface area contributed by atoms with Crippen molar-refractivity contribution in [3.8, 4) is 5.75 Å². The molecule has 1 aliphatic rings. The zero-order valence-electron chi connectivity index (χ0n) is 18.5. The smallest absolute Gasteiger partial charge is 0.335 e. The molecule has 3 aromatic carbocycles. The number of halogens is 3. The highest BCUT2D eigenvalue weighted by Gasteiger charge is 2.36. The summed E-state index contributed by atoms with van der Waals surface area (Å²) >= 11 is 10.6. The third-order valence-electron chi connectivity index (χ3n) is 5.30. The Morgan fingerprint density at radius 2 is 1.66 bits per heavy atom. The van der Waals surface area contributed by atoms with Crippen molar-refractivity contribution in [2.75, 3.05) is 11.5 Å². The van der Waals surface area contributed by atoms with Gasteiger partial charge in [-0.25, -0.2) is 9.69 Å². The Labute approximate surface area is 227 Å². The second kappa shape index (κ2) is 10.9. The zero-order valence-corrected chi connectivity index (χ0v) is 23.2. The van der Waals surface area contributed by atoms with Crippen LogP contribution in [-0.2, 0) is 16.0 Å². The second-order valence-corrected chi connectivity index (χ2v) is 10.2. The van der Waals surface area contributed by atoms with Crippen molar-refractivity contribution < 1.29 is 19.1 Å². The highest BCUT2D eigenvalue weighted by molar-refractivity contribution is 9.11. The van der Waals surface area contributed by atoms with Crippen LogP contribution < -0.4 is 15.0 Å². The van der Waals surface area contributed by atoms with E-state index in [1.54, 1.807) is 30.3 Å². The van der Waals surface area contributed by atoms with Gasteiger partial charge in [0.1, 0.15) is 11.3 Å². The van der Waals surface area contributed by atoms with Gasteiger partial charge in [0.25, 0.3) is 11.8 Å². The average Bonchev–Trinajstić information content (AvgIpc) is 2.81. The number of hydrogen-bond donors (Lipinski definition) is 1. The predicted molar refractivity (Wildman–Crippen MR) is 145 cm³/mol. The van der Waals surface area contributed by atoms with Gasteiger partial charge in [0.15, 0.2) is 0 Å². The van der Waals surface area contributed by atoms with E-state index < -0.39 is 17.8 Å². The maximum Gasteiger partial charge on any atom is 0.335 e. The maximum absolute atomic E-state index is 13.2. The average molecular weight is 663 g/mol. The minimum Gasteiger partial charge on any atom is -0.494 e. The topological polar surface area (TPSA) is 75.7 Å². The van der Waals surface area contributed by atoms with Crippen LogP contribution in [0.3, 0.4) is 0 Å². The fourth-order valence-corrected chi connectivity index (χ4v) is 4.94. The largest absolute Gasteiger partial charge is 0.494 e. The lowest BCUT2D eigenvalue weighted by molar-refractivity contribution is -0.122. The molecule has 0 aliphatic carbocycles. The summed E-state index contributed by atoms with van der Waals surface area (Å²) in [5.41, 5.74) is 2.81. The zero-order chi connectivity index (χ0) is 25.1. The van der Waals surface area contributed by atoms with E-state index in [0.717, 1.165) is 29.4 Å². The Morgan fingerprint density at radius 1 is 0.943 bits per heavy atom. The minimum absolute atomic E-state index is 0.152. The number of nitrogens with zero attached hydrogens (tertiary/aromatic N) is 1. The molecule has 4 amide bonds. The molecule has 3 aromatic rings. The Bertz CT molecular complexity index is 1350. The van der Waals surface area contributed by atoms with E-state index in [2.05, 4.69) is 53.1 Å². The van der Waals surface area contributed by atoms with Crippen molar-refractivity contribution in [2.45, 2.75) is 13.3 Å². The molecular weight excluding hydrogens is 644 g/mol. The first-order valence-corrected chi connectivity index (χ1v) is 13.0. The Morgan fingerprint density at radius 3 is 2.34 bits per heavy atom. The molecule has 35 heavy (non-hydrogen) atoms. The molecule has 0 bridgehead atoms. The number of barbiturate groups is 1. The van der Waals surface area contributed by atoms with E-state index in [1.807, 2.05) is 37.3 Å². The van der Waals surface area contributed by atoms with Gasteiger partial charge in [-0.05, 0) is 66.6 Å². The lowest BCUT2D eigenvalue weighted by Gasteiger charge is -2.26. The molecule has 178 valence electrons. The van der Waals surface area contributed by atoms with Gasteiger partial charge >= 0.3 is 6.03 Å². The summed E-state index contributed by atoms with van der Waals surface area (Å²) < 4.78 is 8.47. The van der Waals surface area contributed by atoms with E-state index in [9.17, 15) is 14.4 Å². The lowest BCUT2D eigenvalue weighted by Crippen LogP contribution is -2.54. The number of nitrogens with one attached hydrogen (secondary N) is 1. The normalized spacial score (nSPS) is 14.9. The van der Waals surface area contributed by atoms with E-state index in [-0.39, 0.29) is 5.57 Å². The molecule has 1 heterocycles. The summed E-state index contributed by atoms with van der Waals surface area (Å²) in [6.45, 7) is 2.34. The minimum atomic E-state index is -0.792. The number of hydrogen-bond acceptors (Lipinski definition) is 4. The molecule has 0 radical (unpaired) electrons. The second-order valence-electron chi connectivity index (χ2n) is 7.61. The SMILES string of the molecule is CCOc1cc(/C=C2\C(=O)NC(=O)N(c3ccc(Br)cc3)C2=O)cc(Br)c1Cc1ccccc1Br. The van der Waals surface area contributed by atoms with Crippen molar-refractivity contribution in [2.24, 2.45) is 0 Å². The van der Waals surface area contributed by atoms with Crippen LogP contribution >= 0.6 is 47.8 Å². The standard InChI is InChI=1S/C26H19Br3N2O4/c1-2-35-23-13-15(12-22(29)19(23)14-16-5-3-4-6-21(16)28)11-20-24(32)30-26(34)31(25(20)33)18-9-7-17(27)8-10-18/h3-13H,2,14H2,1H3,(H,30,32,34)/b20-11+. The summed E-state index contributed by atoms with van der Waals surface area (Å²) in [5.74, 6) is -0.818. The highest BCUT2D eigenvalue weighted by atomic mass is 79.9. The van der Waals surface area contributed by atoms with Crippen molar-refractivity contribution in [1.82, 2.24) is 5.32 Å². The summed E-state index contributed by atoms with van der Waals surface area (Å²) in [7, 11) is 0. The third kappa shape index (κ3) is 5.58. The molecule has 9 heteroatoms. The number of carbonyl (C=O) groups is 3. The van der Waals surface area contributed by atoms with Crippen LogP contribution in [0.2, 0.25) is 0 Å². The predicted octanol–water partition coefficient (Wildman–Crippen LogP) is 6.63. The quantitative estimate of drug-likeness (QED) is 0.238. The maximum atomic E-state index is 13.2. The van der Waals surface area contributed by atoms with Crippen LogP contribution in [0.1, 0.15) is 23.6 Å². The van der Waals surface area contributed by atoms with Gasteiger partial charge in [0, 0.05) is 25.4 Å². The first kappa shape index (κ1) is 25.3. The van der Waals surface area contributed by atoms with Crippen LogP contribution in [0.5, 0.6) is 5.75 Å². The summed E-state index contributed by atoms with van der Waals surface area (Å²) in [4.78, 5) is 39.2. The van der Waals surface area contributed by atoms with Crippen LogP contribution in [0.25, 0.3) is 6.08 Å². The molecule has 0 unspecified atom stereocenters. The van der Waals surface area contributed by atoms with Crippen molar-refractivity contribution in [1.29, 1.82) is 0 Å². The first-order chi connectivity index (χ1) is 16.8. The van der Waals surface area contributed by atoms with E-state index >= 15 is 0 Å². The molecule has 6 nitrogen and oxygen atoms in total. The van der Waals surface area contributed by atoms with Gasteiger partial charge in [-0.2, -0.15) is 0 Å². The van der Waals surface area contributed by atoms with E-state index in [1.165, 1.54) is 6.08 Å². The molecule has 0 spiro atoms. The number of urea groups is 1. The number of amides is 4. The number of rotatable bonds is 6. The highest BCUT2D eigenvalue weighted by Crippen LogP contribution is 2.34. The molecule has 1 aliphatic heterocycles. The molecule has 1 N–H and O–H groups in total. The fraction of sp³-hybridized carbons (Fsp3) is 0.115. The summed E-state index contributed by atoms with van der Waals surface area (Å²) in [5, 5.41) is 2.25. The van der Waals surface area contributed by atoms with Gasteiger partial charge in [-0.3, -0.25) is 14.9 Å². The van der Waals surface area contributed by atoms with Gasteiger partial charge in [-0.1, -0.05) is 66.0 Å². The first-order valence-electron chi connectivity index (χ1n) is 10.6. The number of anilines is 1. The van der Waals surface area contributed by atoms with Crippen LogP contribution in [0.4, 0.5) is 10.5 Å². The number of ether oxygens (including phenoxy) is 1. The number of carbonyl (C=O) groups excluding carboxylic acids is 3. The number of benzene rings is 3. The lowest BCUT2D eigenvalue weighted by atomic mass is 10.0. The van der Waals surface area contributed by atoms with E-state index in [4.69, 9.17) is 4.74 Å². The monoisotopic (exact) mass is 660 g/mol. The Hall–Kier alpha value is -2.75. The van der Waals surface area contributed by atoms with Gasteiger partial charge in [-0.15, -0.1) is 0 Å². The van der Waals surface area contributed by atoms with Crippen molar-refractivity contribution >= 4 is 77.4 Å². The molecular formula is C26H19Br3N2O4. The molecule has 0 atom stereocenters. The molecule has 1 saturated heterocycles. The summed E-state index contributed by atoms with van der Waals surface area (Å²) in [6, 6.07) is 17.4. The van der Waals surface area contributed by atoms with Gasteiger partial charge < -0.3 is 4.74 Å². The molecule has 0 saturated carbocycles. The number of imide groups is 2. The van der Waals surface area contributed by atoms with Gasteiger partial charge in [0.05, 0.1) is 12.3 Å². The van der Waals surface area contributed by atoms with Crippen LogP contribution in [0, 0.1) is 0 Å². The van der Waals surface area contributed by atoms with Gasteiger partial charge in [0.2, 0.25) is 0 Å². The Kier molecular flexibility index (Phi) is 7.88. The van der Waals surface area contributed by atoms with E-state index in [0.29, 0.717) is 30.0 Å². The fourth-order valence-electron chi connectivity index (χ4n) is 3.65. The molecule has 4 rings (SSSR count). The third-order valence-corrected chi connectivity index (χ3v) is 7.31. The van der Waals surface area contributed by atoms with Crippen molar-refractivity contribution in [3.05, 3.63) is 96.3 Å². The van der Waals surface area contributed by atoms with Crippen molar-refractivity contribution in [3.63, 3.8) is 0 Å². The van der Waals surface area contributed by atoms with Crippen LogP contribution in [0.15, 0.2) is 79.7 Å². The summed E-state index contributed by atoms with van der Waals surface area (Å²) in [6.07, 6.45) is 2.07. The molecule has 0 aromatic heterocycles.